The quantitative estimate of drug-likeness (QED) is 0.486. The van der Waals surface area contributed by atoms with E-state index in [4.69, 9.17) is 4.74 Å². The van der Waals surface area contributed by atoms with Gasteiger partial charge >= 0.3 is 0 Å². The fourth-order valence-corrected chi connectivity index (χ4v) is 6.41. The van der Waals surface area contributed by atoms with Crippen molar-refractivity contribution in [1.82, 2.24) is 9.21 Å². The zero-order valence-electron chi connectivity index (χ0n) is 21.1. The summed E-state index contributed by atoms with van der Waals surface area (Å²) in [5.41, 5.74) is 2.23. The molecule has 0 bridgehead atoms. The highest BCUT2D eigenvalue weighted by molar-refractivity contribution is 7.89. The molecule has 1 aliphatic rings. The van der Waals surface area contributed by atoms with E-state index in [9.17, 15) is 22.3 Å². The van der Waals surface area contributed by atoms with Crippen molar-refractivity contribution in [2.75, 3.05) is 26.7 Å². The number of benzene rings is 3. The molecule has 0 fully saturated rings. The number of fused-ring (bicyclic) bond motifs is 1. The monoisotopic (exact) mass is 530 g/mol. The van der Waals surface area contributed by atoms with E-state index in [1.807, 2.05) is 24.9 Å². The van der Waals surface area contributed by atoms with Gasteiger partial charge in [0.1, 0.15) is 28.4 Å². The first kappa shape index (κ1) is 27.2. The van der Waals surface area contributed by atoms with Crippen molar-refractivity contribution in [2.45, 2.75) is 37.4 Å². The van der Waals surface area contributed by atoms with Gasteiger partial charge in [-0.2, -0.15) is 4.31 Å². The van der Waals surface area contributed by atoms with Crippen molar-refractivity contribution >= 4 is 10.0 Å². The highest BCUT2D eigenvalue weighted by Gasteiger charge is 2.38. The largest absolute Gasteiger partial charge is 0.487 e. The Morgan fingerprint density at radius 1 is 1.05 bits per heavy atom. The van der Waals surface area contributed by atoms with Crippen LogP contribution in [-0.2, 0) is 16.6 Å². The molecule has 9 heteroatoms. The molecular formula is C28H32F2N2O4S. The van der Waals surface area contributed by atoms with Crippen LogP contribution in [0.2, 0.25) is 0 Å². The minimum atomic E-state index is -3.96. The summed E-state index contributed by atoms with van der Waals surface area (Å²) in [5, 5.41) is 9.82. The Kier molecular flexibility index (Phi) is 8.28. The average molecular weight is 531 g/mol. The topological polar surface area (TPSA) is 70.1 Å². The molecule has 0 unspecified atom stereocenters. The van der Waals surface area contributed by atoms with Crippen LogP contribution in [0.4, 0.5) is 8.78 Å². The third-order valence-corrected chi connectivity index (χ3v) is 8.70. The summed E-state index contributed by atoms with van der Waals surface area (Å²) in [6.45, 7) is 4.38. The molecule has 0 aliphatic carbocycles. The van der Waals surface area contributed by atoms with Gasteiger partial charge in [-0.05, 0) is 67.1 Å². The summed E-state index contributed by atoms with van der Waals surface area (Å²) in [6, 6.07) is 16.6. The van der Waals surface area contributed by atoms with Crippen molar-refractivity contribution in [3.05, 3.63) is 83.9 Å². The van der Waals surface area contributed by atoms with E-state index >= 15 is 0 Å². The molecule has 3 atom stereocenters. The second kappa shape index (κ2) is 11.3. The number of halogens is 2. The van der Waals surface area contributed by atoms with Gasteiger partial charge in [-0.15, -0.1) is 0 Å². The van der Waals surface area contributed by atoms with Crippen molar-refractivity contribution in [1.29, 1.82) is 0 Å². The van der Waals surface area contributed by atoms with E-state index in [0.717, 1.165) is 11.1 Å². The molecule has 37 heavy (non-hydrogen) atoms. The summed E-state index contributed by atoms with van der Waals surface area (Å²) in [5.74, 6) is -0.686. The minimum Gasteiger partial charge on any atom is -0.487 e. The number of sulfonamides is 1. The number of nitrogens with zero attached hydrogens (tertiary/aromatic N) is 2. The second-order valence-corrected chi connectivity index (χ2v) is 11.6. The van der Waals surface area contributed by atoms with Gasteiger partial charge in [0.15, 0.2) is 0 Å². The number of likely N-dealkylation sites (N-methyl/N-ethyl adjacent to an activating group) is 1. The van der Waals surface area contributed by atoms with E-state index < -0.39 is 22.2 Å². The molecule has 0 saturated carbocycles. The van der Waals surface area contributed by atoms with Crippen LogP contribution in [0, 0.1) is 17.6 Å². The van der Waals surface area contributed by atoms with Gasteiger partial charge in [0, 0.05) is 31.6 Å². The standard InChI is InChI=1S/C28H32F2N2O4S/c1-19-15-32(20(2)18-33)37(34,35)28-12-9-23(22-7-10-24(29)11-8-22)14-26(28)36-27(19)17-31(3)16-21-5-4-6-25(30)13-21/h4-14,19-20,27,33H,15-18H2,1-3H3/t19-,20+,27-/m1/s1. The zero-order valence-corrected chi connectivity index (χ0v) is 22.0. The molecule has 1 N–H and O–H groups in total. The zero-order chi connectivity index (χ0) is 26.7. The summed E-state index contributed by atoms with van der Waals surface area (Å²) in [7, 11) is -2.06. The highest BCUT2D eigenvalue weighted by atomic mass is 32.2. The summed E-state index contributed by atoms with van der Waals surface area (Å²) < 4.78 is 62.2. The van der Waals surface area contributed by atoms with Crippen LogP contribution < -0.4 is 4.74 Å². The Balaban J connectivity index is 1.71. The SMILES string of the molecule is C[C@@H]1CN([C@@H](C)CO)S(=O)(=O)c2ccc(-c3ccc(F)cc3)cc2O[C@@H]1CN(C)Cc1cccc(F)c1. The Morgan fingerprint density at radius 2 is 1.76 bits per heavy atom. The molecule has 3 aromatic carbocycles. The summed E-state index contributed by atoms with van der Waals surface area (Å²) in [6.07, 6.45) is -0.398. The number of aliphatic hydroxyl groups is 1. The second-order valence-electron chi connectivity index (χ2n) is 9.73. The van der Waals surface area contributed by atoms with Gasteiger partial charge < -0.3 is 9.84 Å². The van der Waals surface area contributed by atoms with Gasteiger partial charge in [0.25, 0.3) is 0 Å². The lowest BCUT2D eigenvalue weighted by Gasteiger charge is -2.37. The third-order valence-electron chi connectivity index (χ3n) is 6.68. The van der Waals surface area contributed by atoms with Crippen molar-refractivity contribution in [3.63, 3.8) is 0 Å². The molecule has 4 rings (SSSR count). The first-order chi connectivity index (χ1) is 17.6. The molecule has 0 saturated heterocycles. The number of hydrogen-bond donors (Lipinski definition) is 1. The Hall–Kier alpha value is -2.85. The lowest BCUT2D eigenvalue weighted by molar-refractivity contribution is 0.0734. The smallest absolute Gasteiger partial charge is 0.247 e. The average Bonchev–Trinajstić information content (AvgIpc) is 2.86. The van der Waals surface area contributed by atoms with Crippen LogP contribution >= 0.6 is 0 Å². The number of aliphatic hydroxyl groups excluding tert-OH is 1. The van der Waals surface area contributed by atoms with E-state index in [-0.39, 0.29) is 41.3 Å². The Morgan fingerprint density at radius 3 is 2.43 bits per heavy atom. The summed E-state index contributed by atoms with van der Waals surface area (Å²) >= 11 is 0. The predicted molar refractivity (Wildman–Crippen MR) is 139 cm³/mol. The van der Waals surface area contributed by atoms with Crippen LogP contribution in [0.15, 0.2) is 71.6 Å². The van der Waals surface area contributed by atoms with Crippen LogP contribution in [0.1, 0.15) is 19.4 Å². The lowest BCUT2D eigenvalue weighted by atomic mass is 10.0. The van der Waals surface area contributed by atoms with Gasteiger partial charge in [-0.3, -0.25) is 4.90 Å². The van der Waals surface area contributed by atoms with Crippen LogP contribution in [0.3, 0.4) is 0 Å². The molecule has 0 aromatic heterocycles. The van der Waals surface area contributed by atoms with Crippen LogP contribution in [0.25, 0.3) is 11.1 Å². The number of ether oxygens (including phenoxy) is 1. The van der Waals surface area contributed by atoms with E-state index in [1.165, 1.54) is 34.6 Å². The fraction of sp³-hybridized carbons (Fsp3) is 0.357. The van der Waals surface area contributed by atoms with E-state index in [1.54, 1.807) is 37.3 Å². The lowest BCUT2D eigenvalue weighted by Crippen LogP contribution is -2.49. The maximum absolute atomic E-state index is 13.7. The molecule has 3 aromatic rings. The normalized spacial score (nSPS) is 20.5. The van der Waals surface area contributed by atoms with Crippen molar-refractivity contribution in [2.24, 2.45) is 5.92 Å². The molecule has 0 radical (unpaired) electrons. The Labute approximate surface area is 217 Å². The predicted octanol–water partition coefficient (Wildman–Crippen LogP) is 4.53. The molecule has 0 spiro atoms. The molecule has 6 nitrogen and oxygen atoms in total. The number of rotatable bonds is 7. The summed E-state index contributed by atoms with van der Waals surface area (Å²) in [4.78, 5) is 2.03. The van der Waals surface area contributed by atoms with Gasteiger partial charge in [0.2, 0.25) is 10.0 Å². The van der Waals surface area contributed by atoms with Crippen molar-refractivity contribution < 1.29 is 27.0 Å². The first-order valence-electron chi connectivity index (χ1n) is 12.2. The third kappa shape index (κ3) is 6.18. The molecule has 0 amide bonds. The first-order valence-corrected chi connectivity index (χ1v) is 13.6. The molecule has 1 aliphatic heterocycles. The molecular weight excluding hydrogens is 498 g/mol. The fourth-order valence-electron chi connectivity index (χ4n) is 4.58. The maximum Gasteiger partial charge on any atom is 0.247 e. The van der Waals surface area contributed by atoms with Gasteiger partial charge in [-0.25, -0.2) is 17.2 Å². The molecule has 1 heterocycles. The maximum atomic E-state index is 13.7. The van der Waals surface area contributed by atoms with Gasteiger partial charge in [-0.1, -0.05) is 37.3 Å². The van der Waals surface area contributed by atoms with E-state index in [2.05, 4.69) is 0 Å². The molecule has 198 valence electrons. The number of hydrogen-bond acceptors (Lipinski definition) is 5. The Bertz CT molecular complexity index is 1330. The van der Waals surface area contributed by atoms with Crippen LogP contribution in [-0.4, -0.2) is 61.6 Å². The highest BCUT2D eigenvalue weighted by Crippen LogP contribution is 2.36. The van der Waals surface area contributed by atoms with Crippen LogP contribution in [0.5, 0.6) is 5.75 Å². The van der Waals surface area contributed by atoms with Crippen molar-refractivity contribution in [3.8, 4) is 16.9 Å². The van der Waals surface area contributed by atoms with E-state index in [0.29, 0.717) is 18.7 Å². The van der Waals surface area contributed by atoms with Gasteiger partial charge in [0.05, 0.1) is 6.61 Å². The minimum absolute atomic E-state index is 0.0170.